The Bertz CT molecular complexity index is 763. The maximum atomic E-state index is 12.0. The topological polar surface area (TPSA) is 77.2 Å². The molecular formula is C17H19Cl2N3O2. The average molecular weight is 368 g/mol. The van der Waals surface area contributed by atoms with Crippen LogP contribution in [-0.2, 0) is 11.2 Å². The number of nitrogens with two attached hydrogens (primary N) is 1. The van der Waals surface area contributed by atoms with E-state index < -0.39 is 5.54 Å². The van der Waals surface area contributed by atoms with Gasteiger partial charge in [0.1, 0.15) is 11.6 Å². The fraction of sp³-hybridized carbons (Fsp3) is 0.294. The Hall–Kier alpha value is -1.82. The number of ether oxygens (including phenoxy) is 1. The van der Waals surface area contributed by atoms with Gasteiger partial charge in [-0.1, -0.05) is 6.07 Å². The number of hydrogen-bond acceptors (Lipinski definition) is 4. The van der Waals surface area contributed by atoms with Crippen molar-refractivity contribution in [1.82, 2.24) is 4.98 Å². The van der Waals surface area contributed by atoms with Crippen molar-refractivity contribution in [2.75, 3.05) is 11.9 Å². The van der Waals surface area contributed by atoms with Gasteiger partial charge in [0.15, 0.2) is 0 Å². The fourth-order valence-electron chi connectivity index (χ4n) is 2.61. The van der Waals surface area contributed by atoms with Crippen molar-refractivity contribution in [2.45, 2.75) is 24.8 Å². The van der Waals surface area contributed by atoms with Crippen molar-refractivity contribution in [1.29, 1.82) is 0 Å². The molecule has 1 aliphatic carbocycles. The van der Waals surface area contributed by atoms with Gasteiger partial charge in [-0.15, -0.1) is 24.8 Å². The van der Waals surface area contributed by atoms with E-state index in [2.05, 4.69) is 16.4 Å². The van der Waals surface area contributed by atoms with Crippen molar-refractivity contribution < 1.29 is 9.53 Å². The van der Waals surface area contributed by atoms with Crippen molar-refractivity contribution >= 4 is 36.5 Å². The van der Waals surface area contributed by atoms with Crippen LogP contribution in [0.2, 0.25) is 0 Å². The normalized spacial score (nSPS) is 16.0. The molecule has 4 rings (SSSR count). The molecule has 0 atom stereocenters. The zero-order valence-electron chi connectivity index (χ0n) is 13.0. The van der Waals surface area contributed by atoms with Crippen molar-refractivity contribution in [3.05, 3.63) is 42.0 Å². The van der Waals surface area contributed by atoms with E-state index in [9.17, 15) is 4.79 Å². The number of amides is 1. The quantitative estimate of drug-likeness (QED) is 0.873. The number of aromatic nitrogens is 1. The number of rotatable bonds is 3. The molecule has 1 aromatic heterocycles. The minimum absolute atomic E-state index is 0. The second-order valence-corrected chi connectivity index (χ2v) is 5.94. The SMILES string of the molecule is Cl.Cl.NC1(C(=O)Nc2cccc(-c3ccc4c(c3)CCO4)n2)CC1. The van der Waals surface area contributed by atoms with Crippen molar-refractivity contribution in [2.24, 2.45) is 5.73 Å². The molecule has 2 aliphatic rings. The fourth-order valence-corrected chi connectivity index (χ4v) is 2.61. The summed E-state index contributed by atoms with van der Waals surface area (Å²) in [6, 6.07) is 11.7. The van der Waals surface area contributed by atoms with Crippen LogP contribution < -0.4 is 15.8 Å². The lowest BCUT2D eigenvalue weighted by atomic mass is 10.1. The molecule has 0 radical (unpaired) electrons. The summed E-state index contributed by atoms with van der Waals surface area (Å²) < 4.78 is 5.52. The molecule has 1 fully saturated rings. The summed E-state index contributed by atoms with van der Waals surface area (Å²) in [6.07, 6.45) is 2.40. The predicted molar refractivity (Wildman–Crippen MR) is 98.2 cm³/mol. The Morgan fingerprint density at radius 3 is 2.75 bits per heavy atom. The highest BCUT2D eigenvalue weighted by Crippen LogP contribution is 2.33. The number of halogens is 2. The Morgan fingerprint density at radius 1 is 1.21 bits per heavy atom. The smallest absolute Gasteiger partial charge is 0.245 e. The second kappa shape index (κ2) is 6.97. The molecule has 0 unspecified atom stereocenters. The van der Waals surface area contributed by atoms with E-state index in [1.807, 2.05) is 24.3 Å². The molecule has 1 amide bonds. The predicted octanol–water partition coefficient (Wildman–Crippen LogP) is 2.96. The molecule has 7 heteroatoms. The lowest BCUT2D eigenvalue weighted by Gasteiger charge is -2.10. The largest absolute Gasteiger partial charge is 0.493 e. The molecule has 2 heterocycles. The summed E-state index contributed by atoms with van der Waals surface area (Å²) in [5, 5.41) is 2.81. The van der Waals surface area contributed by atoms with Gasteiger partial charge in [0, 0.05) is 12.0 Å². The van der Waals surface area contributed by atoms with Crippen LogP contribution in [0, 0.1) is 0 Å². The van der Waals surface area contributed by atoms with Gasteiger partial charge in [-0.05, 0) is 48.7 Å². The minimum atomic E-state index is -0.692. The van der Waals surface area contributed by atoms with Gasteiger partial charge < -0.3 is 15.8 Å². The highest BCUT2D eigenvalue weighted by Gasteiger charge is 2.46. The number of fused-ring (bicyclic) bond motifs is 1. The van der Waals surface area contributed by atoms with Crippen LogP contribution in [0.1, 0.15) is 18.4 Å². The van der Waals surface area contributed by atoms with Crippen LogP contribution in [0.25, 0.3) is 11.3 Å². The average Bonchev–Trinajstić information content (AvgIpc) is 3.12. The first-order valence-corrected chi connectivity index (χ1v) is 7.48. The summed E-state index contributed by atoms with van der Waals surface area (Å²) in [4.78, 5) is 16.5. The molecule has 1 aromatic carbocycles. The lowest BCUT2D eigenvalue weighted by molar-refractivity contribution is -0.118. The van der Waals surface area contributed by atoms with Gasteiger partial charge in [-0.25, -0.2) is 4.98 Å². The maximum absolute atomic E-state index is 12.0. The minimum Gasteiger partial charge on any atom is -0.493 e. The summed E-state index contributed by atoms with van der Waals surface area (Å²) in [5.74, 6) is 1.34. The van der Waals surface area contributed by atoms with Crippen molar-refractivity contribution in [3.63, 3.8) is 0 Å². The van der Waals surface area contributed by atoms with E-state index in [1.165, 1.54) is 5.56 Å². The zero-order chi connectivity index (χ0) is 15.2. The van der Waals surface area contributed by atoms with E-state index >= 15 is 0 Å². The Kier molecular flexibility index (Phi) is 5.38. The Morgan fingerprint density at radius 2 is 2.00 bits per heavy atom. The van der Waals surface area contributed by atoms with E-state index in [4.69, 9.17) is 10.5 Å². The number of pyridine rings is 1. The van der Waals surface area contributed by atoms with E-state index in [0.717, 1.165) is 42.9 Å². The number of anilines is 1. The van der Waals surface area contributed by atoms with E-state index in [1.54, 1.807) is 6.07 Å². The molecule has 0 bridgehead atoms. The summed E-state index contributed by atoms with van der Waals surface area (Å²) in [6.45, 7) is 0.737. The van der Waals surface area contributed by atoms with Gasteiger partial charge in [0.05, 0.1) is 17.8 Å². The number of carbonyl (C=O) groups excluding carboxylic acids is 1. The van der Waals surface area contributed by atoms with E-state index in [0.29, 0.717) is 5.82 Å². The van der Waals surface area contributed by atoms with Crippen LogP contribution in [0.4, 0.5) is 5.82 Å². The first-order chi connectivity index (χ1) is 10.6. The Balaban J connectivity index is 0.00000104. The third kappa shape index (κ3) is 3.48. The summed E-state index contributed by atoms with van der Waals surface area (Å²) in [5.41, 5.74) is 8.26. The third-order valence-corrected chi connectivity index (χ3v) is 4.22. The summed E-state index contributed by atoms with van der Waals surface area (Å²) in [7, 11) is 0. The van der Waals surface area contributed by atoms with Crippen molar-refractivity contribution in [3.8, 4) is 17.0 Å². The highest BCUT2D eigenvalue weighted by atomic mass is 35.5. The second-order valence-electron chi connectivity index (χ2n) is 5.94. The molecule has 2 aromatic rings. The lowest BCUT2D eigenvalue weighted by Crippen LogP contribution is -2.38. The van der Waals surface area contributed by atoms with Gasteiger partial charge in [-0.2, -0.15) is 0 Å². The Labute approximate surface area is 152 Å². The zero-order valence-corrected chi connectivity index (χ0v) is 14.6. The maximum Gasteiger partial charge on any atom is 0.245 e. The molecule has 24 heavy (non-hydrogen) atoms. The number of nitrogens with one attached hydrogen (secondary N) is 1. The molecule has 5 nitrogen and oxygen atoms in total. The number of benzene rings is 1. The standard InChI is InChI=1S/C17H17N3O2.2ClH/c18-17(7-8-17)16(21)20-15-3-1-2-13(19-15)11-4-5-14-12(10-11)6-9-22-14;;/h1-5,10H,6-9,18H2,(H,19,20,21);2*1H. The van der Waals surface area contributed by atoms with Gasteiger partial charge in [0.2, 0.25) is 5.91 Å². The molecular weight excluding hydrogens is 349 g/mol. The van der Waals surface area contributed by atoms with Crippen LogP contribution in [-0.4, -0.2) is 23.0 Å². The monoisotopic (exact) mass is 367 g/mol. The number of nitrogens with zero attached hydrogens (tertiary/aromatic N) is 1. The third-order valence-electron chi connectivity index (χ3n) is 4.22. The summed E-state index contributed by atoms with van der Waals surface area (Å²) >= 11 is 0. The molecule has 1 saturated carbocycles. The first-order valence-electron chi connectivity index (χ1n) is 7.48. The molecule has 3 N–H and O–H groups in total. The molecule has 128 valence electrons. The van der Waals surface area contributed by atoms with Gasteiger partial charge in [-0.3, -0.25) is 4.79 Å². The highest BCUT2D eigenvalue weighted by molar-refractivity contribution is 5.99. The molecule has 1 aliphatic heterocycles. The van der Waals surface area contributed by atoms with Gasteiger partial charge >= 0.3 is 0 Å². The van der Waals surface area contributed by atoms with Crippen LogP contribution in [0.15, 0.2) is 36.4 Å². The van der Waals surface area contributed by atoms with Crippen LogP contribution in [0.5, 0.6) is 5.75 Å². The molecule has 0 saturated heterocycles. The first kappa shape index (κ1) is 18.5. The number of hydrogen-bond donors (Lipinski definition) is 2. The molecule has 0 spiro atoms. The van der Waals surface area contributed by atoms with Crippen LogP contribution in [0.3, 0.4) is 0 Å². The van der Waals surface area contributed by atoms with Crippen LogP contribution >= 0.6 is 24.8 Å². The van der Waals surface area contributed by atoms with Gasteiger partial charge in [0.25, 0.3) is 0 Å². The number of carbonyl (C=O) groups is 1. The van der Waals surface area contributed by atoms with E-state index in [-0.39, 0.29) is 30.7 Å².